The highest BCUT2D eigenvalue weighted by Gasteiger charge is 2.01. The SMILES string of the molecule is C1=Cn2ccnc2CC1. The average molecular weight is 120 g/mol. The molecule has 0 spiro atoms. The summed E-state index contributed by atoms with van der Waals surface area (Å²) in [6, 6.07) is 0. The van der Waals surface area contributed by atoms with Crippen LogP contribution in [0, 0.1) is 0 Å². The molecular formula is C7H8N2. The van der Waals surface area contributed by atoms with E-state index in [2.05, 4.69) is 21.8 Å². The van der Waals surface area contributed by atoms with Crippen molar-refractivity contribution in [3.05, 3.63) is 24.3 Å². The van der Waals surface area contributed by atoms with Crippen LogP contribution in [0.4, 0.5) is 0 Å². The maximum atomic E-state index is 4.17. The minimum Gasteiger partial charge on any atom is -0.311 e. The lowest BCUT2D eigenvalue weighted by Gasteiger charge is -2.04. The Morgan fingerprint density at radius 3 is 3.44 bits per heavy atom. The highest BCUT2D eigenvalue weighted by atomic mass is 15.0. The van der Waals surface area contributed by atoms with Crippen molar-refractivity contribution in [2.75, 3.05) is 0 Å². The molecule has 0 fully saturated rings. The third kappa shape index (κ3) is 0.669. The van der Waals surface area contributed by atoms with Gasteiger partial charge in [0, 0.05) is 25.0 Å². The Labute approximate surface area is 53.8 Å². The molecule has 9 heavy (non-hydrogen) atoms. The van der Waals surface area contributed by atoms with Crippen molar-refractivity contribution in [3.8, 4) is 0 Å². The lowest BCUT2D eigenvalue weighted by molar-refractivity contribution is 0.838. The van der Waals surface area contributed by atoms with Gasteiger partial charge in [-0.1, -0.05) is 6.08 Å². The van der Waals surface area contributed by atoms with Crippen molar-refractivity contribution in [1.29, 1.82) is 0 Å². The van der Waals surface area contributed by atoms with Crippen molar-refractivity contribution in [2.24, 2.45) is 0 Å². The van der Waals surface area contributed by atoms with E-state index in [1.807, 2.05) is 12.4 Å². The molecule has 0 N–H and O–H groups in total. The van der Waals surface area contributed by atoms with Crippen LogP contribution in [-0.4, -0.2) is 9.55 Å². The van der Waals surface area contributed by atoms with Crippen LogP contribution in [0.1, 0.15) is 12.2 Å². The molecule has 1 aliphatic heterocycles. The fraction of sp³-hybridized carbons (Fsp3) is 0.286. The summed E-state index contributed by atoms with van der Waals surface area (Å²) in [6.07, 6.45) is 10.3. The minimum absolute atomic E-state index is 1.09. The van der Waals surface area contributed by atoms with Crippen molar-refractivity contribution >= 4 is 6.20 Å². The van der Waals surface area contributed by atoms with E-state index in [9.17, 15) is 0 Å². The minimum atomic E-state index is 1.09. The zero-order valence-electron chi connectivity index (χ0n) is 5.12. The summed E-state index contributed by atoms with van der Waals surface area (Å²) in [7, 11) is 0. The lowest BCUT2D eigenvalue weighted by Crippen LogP contribution is -1.99. The molecule has 2 heterocycles. The van der Waals surface area contributed by atoms with Gasteiger partial charge in [-0.25, -0.2) is 4.98 Å². The van der Waals surface area contributed by atoms with Gasteiger partial charge < -0.3 is 4.57 Å². The van der Waals surface area contributed by atoms with E-state index in [0.717, 1.165) is 12.8 Å². The Bertz CT molecular complexity index is 235. The Morgan fingerprint density at radius 2 is 2.56 bits per heavy atom. The molecule has 0 aromatic carbocycles. The number of rotatable bonds is 0. The second-order valence-corrected chi connectivity index (χ2v) is 2.17. The first kappa shape index (κ1) is 4.79. The van der Waals surface area contributed by atoms with Crippen molar-refractivity contribution in [1.82, 2.24) is 9.55 Å². The number of nitrogens with zero attached hydrogens (tertiary/aromatic N) is 2. The Hall–Kier alpha value is -1.05. The smallest absolute Gasteiger partial charge is 0.112 e. The van der Waals surface area contributed by atoms with E-state index >= 15 is 0 Å². The largest absolute Gasteiger partial charge is 0.311 e. The molecule has 0 unspecified atom stereocenters. The molecule has 1 aliphatic rings. The number of hydrogen-bond acceptors (Lipinski definition) is 1. The number of hydrogen-bond donors (Lipinski definition) is 0. The lowest BCUT2D eigenvalue weighted by atomic mass is 10.2. The molecular weight excluding hydrogens is 112 g/mol. The third-order valence-corrected chi connectivity index (χ3v) is 1.55. The van der Waals surface area contributed by atoms with Crippen LogP contribution in [0.5, 0.6) is 0 Å². The molecule has 2 heteroatoms. The van der Waals surface area contributed by atoms with Crippen molar-refractivity contribution in [3.63, 3.8) is 0 Å². The predicted molar refractivity (Wildman–Crippen MR) is 35.9 cm³/mol. The van der Waals surface area contributed by atoms with Gasteiger partial charge in [-0.2, -0.15) is 0 Å². The molecule has 0 saturated carbocycles. The monoisotopic (exact) mass is 120 g/mol. The second-order valence-electron chi connectivity index (χ2n) is 2.17. The Morgan fingerprint density at radius 1 is 1.56 bits per heavy atom. The van der Waals surface area contributed by atoms with Gasteiger partial charge in [0.2, 0.25) is 0 Å². The van der Waals surface area contributed by atoms with Crippen LogP contribution in [0.25, 0.3) is 6.20 Å². The summed E-state index contributed by atoms with van der Waals surface area (Å²) in [4.78, 5) is 4.17. The quantitative estimate of drug-likeness (QED) is 0.504. The first-order valence-electron chi connectivity index (χ1n) is 3.15. The Kier molecular flexibility index (Phi) is 0.918. The van der Waals surface area contributed by atoms with Gasteiger partial charge in [-0.15, -0.1) is 0 Å². The van der Waals surface area contributed by atoms with Crippen molar-refractivity contribution < 1.29 is 0 Å². The van der Waals surface area contributed by atoms with Crippen LogP contribution in [0.2, 0.25) is 0 Å². The molecule has 0 atom stereocenters. The molecule has 0 amide bonds. The summed E-state index contributed by atoms with van der Waals surface area (Å²) in [6.45, 7) is 0. The standard InChI is InChI=1S/C7H8N2/c1-2-5-9-6-4-8-7(9)3-1/h2,4-6H,1,3H2. The van der Waals surface area contributed by atoms with E-state index in [4.69, 9.17) is 0 Å². The number of imidazole rings is 1. The van der Waals surface area contributed by atoms with E-state index in [-0.39, 0.29) is 0 Å². The van der Waals surface area contributed by atoms with E-state index in [0.29, 0.717) is 0 Å². The van der Waals surface area contributed by atoms with E-state index in [1.165, 1.54) is 5.82 Å². The molecule has 0 aliphatic carbocycles. The zero-order valence-corrected chi connectivity index (χ0v) is 5.12. The second kappa shape index (κ2) is 1.72. The van der Waals surface area contributed by atoms with Gasteiger partial charge in [-0.05, 0) is 6.42 Å². The van der Waals surface area contributed by atoms with Gasteiger partial charge in [0.05, 0.1) is 0 Å². The van der Waals surface area contributed by atoms with E-state index in [1.54, 1.807) is 0 Å². The van der Waals surface area contributed by atoms with Gasteiger partial charge in [-0.3, -0.25) is 0 Å². The summed E-state index contributed by atoms with van der Waals surface area (Å²) < 4.78 is 2.06. The fourth-order valence-electron chi connectivity index (χ4n) is 1.07. The number of allylic oxidation sites excluding steroid dienone is 1. The molecule has 1 aromatic heterocycles. The normalized spacial score (nSPS) is 15.6. The summed E-state index contributed by atoms with van der Waals surface area (Å²) in [5.74, 6) is 1.18. The molecule has 1 aromatic rings. The van der Waals surface area contributed by atoms with Crippen molar-refractivity contribution in [2.45, 2.75) is 12.8 Å². The van der Waals surface area contributed by atoms with E-state index < -0.39 is 0 Å². The van der Waals surface area contributed by atoms with Crippen LogP contribution in [0.3, 0.4) is 0 Å². The molecule has 0 saturated heterocycles. The average Bonchev–Trinajstić information content (AvgIpc) is 2.33. The maximum Gasteiger partial charge on any atom is 0.112 e. The highest BCUT2D eigenvalue weighted by molar-refractivity contribution is 5.27. The molecule has 2 nitrogen and oxygen atoms in total. The number of aryl methyl sites for hydroxylation is 1. The first-order chi connectivity index (χ1) is 4.47. The topological polar surface area (TPSA) is 17.8 Å². The van der Waals surface area contributed by atoms with Crippen LogP contribution < -0.4 is 0 Å². The first-order valence-corrected chi connectivity index (χ1v) is 3.15. The molecule has 0 radical (unpaired) electrons. The maximum absolute atomic E-state index is 4.17. The Balaban J connectivity index is 2.53. The molecule has 2 rings (SSSR count). The summed E-state index contributed by atoms with van der Waals surface area (Å²) in [5.41, 5.74) is 0. The van der Waals surface area contributed by atoms with Crippen LogP contribution in [-0.2, 0) is 6.42 Å². The summed E-state index contributed by atoms with van der Waals surface area (Å²) in [5, 5.41) is 0. The van der Waals surface area contributed by atoms with Gasteiger partial charge in [0.1, 0.15) is 5.82 Å². The third-order valence-electron chi connectivity index (χ3n) is 1.55. The molecule has 46 valence electrons. The fourth-order valence-corrected chi connectivity index (χ4v) is 1.07. The zero-order chi connectivity index (χ0) is 6.10. The van der Waals surface area contributed by atoms with Gasteiger partial charge in [0.25, 0.3) is 0 Å². The van der Waals surface area contributed by atoms with Crippen LogP contribution in [0.15, 0.2) is 18.5 Å². The van der Waals surface area contributed by atoms with Gasteiger partial charge >= 0.3 is 0 Å². The predicted octanol–water partition coefficient (Wildman–Crippen LogP) is 1.30. The van der Waals surface area contributed by atoms with Gasteiger partial charge in [0.15, 0.2) is 0 Å². The number of aromatic nitrogens is 2. The molecule has 0 bridgehead atoms. The summed E-state index contributed by atoms with van der Waals surface area (Å²) >= 11 is 0. The van der Waals surface area contributed by atoms with Crippen LogP contribution >= 0.6 is 0 Å². The number of fused-ring (bicyclic) bond motifs is 1. The highest BCUT2D eigenvalue weighted by Crippen LogP contribution is 2.07.